The third-order valence-electron chi connectivity index (χ3n) is 4.41. The van der Waals surface area contributed by atoms with E-state index in [2.05, 4.69) is 21.0 Å². The SMILES string of the molecule is COCC1=NN(c2ccc(Br)cc2)C(=O)C1C/C(=C/c1ccc(Cl)cc1)C(=O)O. The molecule has 1 unspecified atom stereocenters. The average molecular weight is 478 g/mol. The first-order valence-electron chi connectivity index (χ1n) is 8.74. The van der Waals surface area contributed by atoms with Gasteiger partial charge in [-0.25, -0.2) is 9.80 Å². The second-order valence-corrected chi connectivity index (χ2v) is 7.79. The molecule has 1 aliphatic heterocycles. The van der Waals surface area contributed by atoms with Crippen molar-refractivity contribution in [2.75, 3.05) is 18.7 Å². The van der Waals surface area contributed by atoms with Crippen LogP contribution in [0.15, 0.2) is 63.7 Å². The Balaban J connectivity index is 1.89. The summed E-state index contributed by atoms with van der Waals surface area (Å²) in [6.07, 6.45) is 1.55. The van der Waals surface area contributed by atoms with Crippen molar-refractivity contribution in [1.82, 2.24) is 0 Å². The van der Waals surface area contributed by atoms with E-state index in [-0.39, 0.29) is 24.5 Å². The number of anilines is 1. The Morgan fingerprint density at radius 1 is 1.24 bits per heavy atom. The zero-order valence-electron chi connectivity index (χ0n) is 15.5. The first kappa shape index (κ1) is 21.2. The maximum atomic E-state index is 13.0. The Hall–Kier alpha value is -2.48. The minimum absolute atomic E-state index is 0.00597. The summed E-state index contributed by atoms with van der Waals surface area (Å²) in [5.74, 6) is -2.09. The van der Waals surface area contributed by atoms with Gasteiger partial charge >= 0.3 is 5.97 Å². The first-order chi connectivity index (χ1) is 13.9. The number of carbonyl (C=O) groups is 2. The quantitative estimate of drug-likeness (QED) is 0.590. The molecular formula is C21H18BrClN2O4. The number of carboxylic acid groups (broad SMARTS) is 1. The number of methoxy groups -OCH3 is 1. The molecule has 0 saturated heterocycles. The van der Waals surface area contributed by atoms with E-state index >= 15 is 0 Å². The fourth-order valence-corrected chi connectivity index (χ4v) is 3.37. The Morgan fingerprint density at radius 2 is 1.90 bits per heavy atom. The highest BCUT2D eigenvalue weighted by molar-refractivity contribution is 9.10. The van der Waals surface area contributed by atoms with Crippen LogP contribution in [0.2, 0.25) is 5.02 Å². The molecule has 1 N–H and O–H groups in total. The van der Waals surface area contributed by atoms with Gasteiger partial charge in [0.05, 0.1) is 23.9 Å². The zero-order valence-corrected chi connectivity index (χ0v) is 17.9. The smallest absolute Gasteiger partial charge is 0.331 e. The fraction of sp³-hybridized carbons (Fsp3) is 0.190. The van der Waals surface area contributed by atoms with Crippen LogP contribution in [-0.2, 0) is 14.3 Å². The maximum Gasteiger partial charge on any atom is 0.331 e. The zero-order chi connectivity index (χ0) is 21.0. The number of benzene rings is 2. The van der Waals surface area contributed by atoms with Crippen molar-refractivity contribution in [1.29, 1.82) is 0 Å². The van der Waals surface area contributed by atoms with E-state index in [0.717, 1.165) is 4.47 Å². The van der Waals surface area contributed by atoms with Crippen molar-refractivity contribution in [3.63, 3.8) is 0 Å². The van der Waals surface area contributed by atoms with E-state index in [0.29, 0.717) is 22.0 Å². The summed E-state index contributed by atoms with van der Waals surface area (Å²) in [6.45, 7) is 0.136. The van der Waals surface area contributed by atoms with Crippen molar-refractivity contribution >= 4 is 56.9 Å². The average Bonchev–Trinajstić information content (AvgIpc) is 2.99. The van der Waals surface area contributed by atoms with Gasteiger partial charge in [-0.15, -0.1) is 0 Å². The summed E-state index contributed by atoms with van der Waals surface area (Å²) in [4.78, 5) is 24.9. The number of hydrazone groups is 1. The van der Waals surface area contributed by atoms with Gasteiger partial charge in [0.25, 0.3) is 5.91 Å². The topological polar surface area (TPSA) is 79.2 Å². The van der Waals surface area contributed by atoms with E-state index in [4.69, 9.17) is 16.3 Å². The second-order valence-electron chi connectivity index (χ2n) is 6.43. The molecule has 3 rings (SSSR count). The molecule has 6 nitrogen and oxygen atoms in total. The van der Waals surface area contributed by atoms with E-state index < -0.39 is 11.9 Å². The summed E-state index contributed by atoms with van der Waals surface area (Å²) < 4.78 is 6.06. The molecule has 150 valence electrons. The van der Waals surface area contributed by atoms with Crippen LogP contribution in [0.3, 0.4) is 0 Å². The molecule has 1 heterocycles. The normalized spacial score (nSPS) is 16.9. The number of carboxylic acids is 1. The molecule has 0 fully saturated rings. The number of hydrogen-bond donors (Lipinski definition) is 1. The monoisotopic (exact) mass is 476 g/mol. The fourth-order valence-electron chi connectivity index (χ4n) is 2.98. The lowest BCUT2D eigenvalue weighted by atomic mass is 9.93. The number of amides is 1. The molecule has 2 aromatic rings. The summed E-state index contributed by atoms with van der Waals surface area (Å²) in [5.41, 5.74) is 1.89. The van der Waals surface area contributed by atoms with Gasteiger partial charge in [0, 0.05) is 22.2 Å². The Labute approximate surface area is 181 Å². The molecule has 0 saturated carbocycles. The van der Waals surface area contributed by atoms with Gasteiger partial charge in [0.15, 0.2) is 0 Å². The number of ether oxygens (including phenoxy) is 1. The maximum absolute atomic E-state index is 13.0. The van der Waals surface area contributed by atoms with E-state index in [1.54, 1.807) is 42.5 Å². The van der Waals surface area contributed by atoms with E-state index in [1.165, 1.54) is 12.1 Å². The molecule has 1 aliphatic rings. The van der Waals surface area contributed by atoms with Crippen LogP contribution in [0.4, 0.5) is 5.69 Å². The summed E-state index contributed by atoms with van der Waals surface area (Å²) in [6, 6.07) is 14.0. The third-order valence-corrected chi connectivity index (χ3v) is 5.19. The lowest BCUT2D eigenvalue weighted by Crippen LogP contribution is -2.29. The molecule has 2 aromatic carbocycles. The largest absolute Gasteiger partial charge is 0.478 e. The standard InChI is InChI=1S/C21H18BrClN2O4/c1-29-12-19-18(20(26)25(24-19)17-8-4-15(22)5-9-17)11-14(21(27)28)10-13-2-6-16(23)7-3-13/h2-10,18H,11-12H2,1H3,(H,27,28)/b14-10-. The van der Waals surface area contributed by atoms with Crippen LogP contribution in [-0.4, -0.2) is 36.4 Å². The van der Waals surface area contributed by atoms with Gasteiger partial charge in [-0.05, 0) is 54.5 Å². The predicted molar refractivity (Wildman–Crippen MR) is 116 cm³/mol. The van der Waals surface area contributed by atoms with Crippen molar-refractivity contribution in [3.05, 3.63) is 69.2 Å². The summed E-state index contributed by atoms with van der Waals surface area (Å²) in [7, 11) is 1.51. The number of hydrogen-bond acceptors (Lipinski definition) is 4. The van der Waals surface area contributed by atoms with E-state index in [9.17, 15) is 14.7 Å². The molecule has 1 atom stereocenters. The molecule has 0 radical (unpaired) electrons. The lowest BCUT2D eigenvalue weighted by Gasteiger charge is -2.15. The molecule has 0 bridgehead atoms. The molecule has 0 aromatic heterocycles. The highest BCUT2D eigenvalue weighted by Gasteiger charge is 2.37. The molecule has 0 spiro atoms. The number of nitrogens with zero attached hydrogens (tertiary/aromatic N) is 2. The van der Waals surface area contributed by atoms with Crippen molar-refractivity contribution in [2.24, 2.45) is 11.0 Å². The third kappa shape index (κ3) is 5.12. The van der Waals surface area contributed by atoms with E-state index in [1.807, 2.05) is 12.1 Å². The molecule has 0 aliphatic carbocycles. The summed E-state index contributed by atoms with van der Waals surface area (Å²) >= 11 is 9.25. The number of carbonyl (C=O) groups excluding carboxylic acids is 1. The van der Waals surface area contributed by atoms with Crippen molar-refractivity contribution in [3.8, 4) is 0 Å². The van der Waals surface area contributed by atoms with Gasteiger partial charge in [-0.3, -0.25) is 4.79 Å². The summed E-state index contributed by atoms with van der Waals surface area (Å²) in [5, 5.41) is 15.9. The highest BCUT2D eigenvalue weighted by atomic mass is 79.9. The van der Waals surface area contributed by atoms with Crippen molar-refractivity contribution in [2.45, 2.75) is 6.42 Å². The van der Waals surface area contributed by atoms with Crippen LogP contribution in [0.5, 0.6) is 0 Å². The Bertz CT molecular complexity index is 971. The lowest BCUT2D eigenvalue weighted by molar-refractivity contribution is -0.132. The van der Waals surface area contributed by atoms with Crippen LogP contribution < -0.4 is 5.01 Å². The van der Waals surface area contributed by atoms with Crippen molar-refractivity contribution < 1.29 is 19.4 Å². The second kappa shape index (κ2) is 9.35. The van der Waals surface area contributed by atoms with Gasteiger partial charge in [0.2, 0.25) is 0 Å². The molecule has 8 heteroatoms. The Kier molecular flexibility index (Phi) is 6.84. The molecular weight excluding hydrogens is 460 g/mol. The number of aliphatic carboxylic acids is 1. The van der Waals surface area contributed by atoms with Gasteiger partial charge in [-0.2, -0.15) is 5.10 Å². The minimum atomic E-state index is -1.09. The molecule has 29 heavy (non-hydrogen) atoms. The predicted octanol–water partition coefficient (Wildman–Crippen LogP) is 4.63. The van der Waals surface area contributed by atoms with Crippen LogP contribution >= 0.6 is 27.5 Å². The van der Waals surface area contributed by atoms with Gasteiger partial charge < -0.3 is 9.84 Å². The minimum Gasteiger partial charge on any atom is -0.478 e. The van der Waals surface area contributed by atoms with Gasteiger partial charge in [-0.1, -0.05) is 39.7 Å². The van der Waals surface area contributed by atoms with Crippen LogP contribution in [0.1, 0.15) is 12.0 Å². The van der Waals surface area contributed by atoms with Crippen LogP contribution in [0, 0.1) is 5.92 Å². The molecule has 1 amide bonds. The highest BCUT2D eigenvalue weighted by Crippen LogP contribution is 2.29. The van der Waals surface area contributed by atoms with Crippen LogP contribution in [0.25, 0.3) is 6.08 Å². The van der Waals surface area contributed by atoms with Gasteiger partial charge in [0.1, 0.15) is 0 Å². The number of halogens is 2. The first-order valence-corrected chi connectivity index (χ1v) is 9.91. The number of rotatable bonds is 7. The Morgan fingerprint density at radius 3 is 2.48 bits per heavy atom.